The van der Waals surface area contributed by atoms with Crippen LogP contribution in [0.25, 0.3) is 0 Å². The number of aryl methyl sites for hydroxylation is 1. The Kier molecular flexibility index (Phi) is 7.06. The molecule has 1 amide bonds. The Balaban J connectivity index is 2.05. The van der Waals surface area contributed by atoms with Gasteiger partial charge in [-0.2, -0.15) is 0 Å². The molecular weight excluding hydrogens is 270 g/mol. The molecule has 0 fully saturated rings. The minimum Gasteiger partial charge on any atom is -0.444 e. The van der Waals surface area contributed by atoms with Crippen LogP contribution >= 0.6 is 11.3 Å². The van der Waals surface area contributed by atoms with Gasteiger partial charge in [0.05, 0.1) is 0 Å². The molecule has 0 saturated carbocycles. The van der Waals surface area contributed by atoms with Crippen molar-refractivity contribution < 1.29 is 9.53 Å². The van der Waals surface area contributed by atoms with E-state index >= 15 is 0 Å². The van der Waals surface area contributed by atoms with E-state index in [-0.39, 0.29) is 12.1 Å². The topological polar surface area (TPSA) is 38.3 Å². The largest absolute Gasteiger partial charge is 0.444 e. The summed E-state index contributed by atoms with van der Waals surface area (Å²) in [7, 11) is 0. The Bertz CT molecular complexity index is 382. The summed E-state index contributed by atoms with van der Waals surface area (Å²) in [5.41, 5.74) is -0.426. The van der Waals surface area contributed by atoms with Gasteiger partial charge in [0.2, 0.25) is 0 Å². The molecule has 1 aromatic rings. The first-order valence-corrected chi connectivity index (χ1v) is 8.27. The summed E-state index contributed by atoms with van der Waals surface area (Å²) in [4.78, 5) is 13.0. The number of amides is 1. The van der Waals surface area contributed by atoms with Gasteiger partial charge in [-0.05, 0) is 58.4 Å². The number of nitrogens with one attached hydrogen (secondary N) is 1. The molecule has 0 unspecified atom stereocenters. The third kappa shape index (κ3) is 8.20. The minimum atomic E-state index is -0.426. The van der Waals surface area contributed by atoms with Gasteiger partial charge < -0.3 is 10.1 Å². The average Bonchev–Trinajstić information content (AvgIpc) is 2.78. The van der Waals surface area contributed by atoms with E-state index in [0.717, 1.165) is 12.8 Å². The highest BCUT2D eigenvalue weighted by molar-refractivity contribution is 7.09. The molecule has 1 heterocycles. The normalized spacial score (nSPS) is 13.0. The Hall–Kier alpha value is -1.03. The lowest BCUT2D eigenvalue weighted by molar-refractivity contribution is 0.0506. The van der Waals surface area contributed by atoms with Crippen LogP contribution in [0, 0.1) is 0 Å². The Morgan fingerprint density at radius 3 is 2.70 bits per heavy atom. The molecule has 0 bridgehead atoms. The summed E-state index contributed by atoms with van der Waals surface area (Å²) >= 11 is 1.83. The SMILES string of the molecule is C[C@@H](CCCCCc1cccs1)NC(=O)OC(C)(C)C. The third-order valence-corrected chi connectivity index (χ3v) is 3.84. The molecule has 0 aliphatic carbocycles. The zero-order chi connectivity index (χ0) is 15.0. The van der Waals surface area contributed by atoms with Gasteiger partial charge in [-0.15, -0.1) is 11.3 Å². The first-order chi connectivity index (χ1) is 9.37. The Labute approximate surface area is 126 Å². The molecule has 114 valence electrons. The van der Waals surface area contributed by atoms with E-state index in [1.807, 2.05) is 39.0 Å². The highest BCUT2D eigenvalue weighted by Gasteiger charge is 2.17. The molecule has 1 atom stereocenters. The molecule has 1 aromatic heterocycles. The minimum absolute atomic E-state index is 0.173. The van der Waals surface area contributed by atoms with E-state index in [4.69, 9.17) is 4.74 Å². The quantitative estimate of drug-likeness (QED) is 0.737. The first-order valence-electron chi connectivity index (χ1n) is 7.39. The van der Waals surface area contributed by atoms with Crippen molar-refractivity contribution in [2.75, 3.05) is 0 Å². The van der Waals surface area contributed by atoms with Gasteiger partial charge in [0.1, 0.15) is 5.60 Å². The molecule has 0 aliphatic rings. The zero-order valence-electron chi connectivity index (χ0n) is 13.1. The molecule has 0 aliphatic heterocycles. The van der Waals surface area contributed by atoms with E-state index in [0.29, 0.717) is 0 Å². The number of hydrogen-bond donors (Lipinski definition) is 1. The predicted octanol–water partition coefficient (Wildman–Crippen LogP) is 4.76. The number of carbonyl (C=O) groups excluding carboxylic acids is 1. The van der Waals surface area contributed by atoms with Crippen LogP contribution in [0.2, 0.25) is 0 Å². The van der Waals surface area contributed by atoms with Crippen LogP contribution in [0.5, 0.6) is 0 Å². The number of ether oxygens (including phenoxy) is 1. The highest BCUT2D eigenvalue weighted by atomic mass is 32.1. The smallest absolute Gasteiger partial charge is 0.407 e. The Morgan fingerprint density at radius 2 is 2.10 bits per heavy atom. The number of rotatable bonds is 7. The first kappa shape index (κ1) is 17.0. The molecule has 1 N–H and O–H groups in total. The zero-order valence-corrected chi connectivity index (χ0v) is 13.9. The molecule has 3 nitrogen and oxygen atoms in total. The van der Waals surface area contributed by atoms with Crippen molar-refractivity contribution in [2.45, 2.75) is 71.4 Å². The second-order valence-corrected chi connectivity index (χ2v) is 7.26. The lowest BCUT2D eigenvalue weighted by Crippen LogP contribution is -2.37. The summed E-state index contributed by atoms with van der Waals surface area (Å²) in [5.74, 6) is 0. The van der Waals surface area contributed by atoms with Gasteiger partial charge in [0.15, 0.2) is 0 Å². The molecule has 0 aromatic carbocycles. The van der Waals surface area contributed by atoms with Gasteiger partial charge in [0.25, 0.3) is 0 Å². The number of alkyl carbamates (subject to hydrolysis) is 1. The van der Waals surface area contributed by atoms with Crippen LogP contribution in [-0.2, 0) is 11.2 Å². The van der Waals surface area contributed by atoms with E-state index in [1.54, 1.807) is 0 Å². The Morgan fingerprint density at radius 1 is 1.35 bits per heavy atom. The van der Waals surface area contributed by atoms with Crippen LogP contribution in [0.4, 0.5) is 4.79 Å². The maximum absolute atomic E-state index is 11.6. The number of unbranched alkanes of at least 4 members (excludes halogenated alkanes) is 2. The van der Waals surface area contributed by atoms with Crippen molar-refractivity contribution in [3.8, 4) is 0 Å². The van der Waals surface area contributed by atoms with Crippen LogP contribution in [0.15, 0.2) is 17.5 Å². The monoisotopic (exact) mass is 297 g/mol. The maximum atomic E-state index is 11.6. The summed E-state index contributed by atoms with van der Waals surface area (Å²) in [6, 6.07) is 4.47. The second-order valence-electron chi connectivity index (χ2n) is 6.23. The predicted molar refractivity (Wildman–Crippen MR) is 85.3 cm³/mol. The van der Waals surface area contributed by atoms with E-state index in [1.165, 1.54) is 24.1 Å². The summed E-state index contributed by atoms with van der Waals surface area (Å²) in [6.45, 7) is 7.66. The molecule has 20 heavy (non-hydrogen) atoms. The molecular formula is C16H27NO2S. The third-order valence-electron chi connectivity index (χ3n) is 2.90. The maximum Gasteiger partial charge on any atom is 0.407 e. The highest BCUT2D eigenvalue weighted by Crippen LogP contribution is 2.14. The summed E-state index contributed by atoms with van der Waals surface area (Å²) < 4.78 is 5.24. The standard InChI is InChI=1S/C16H27NO2S/c1-13(17-15(18)19-16(2,3)4)9-6-5-7-10-14-11-8-12-20-14/h8,11-13H,5-7,9-10H2,1-4H3,(H,17,18)/t13-/m0/s1. The van der Waals surface area contributed by atoms with Crippen LogP contribution in [0.3, 0.4) is 0 Å². The van der Waals surface area contributed by atoms with Crippen LogP contribution < -0.4 is 5.32 Å². The van der Waals surface area contributed by atoms with Crippen LogP contribution in [0.1, 0.15) is 58.3 Å². The lowest BCUT2D eigenvalue weighted by Gasteiger charge is -2.21. The van der Waals surface area contributed by atoms with Crippen molar-refractivity contribution in [3.63, 3.8) is 0 Å². The van der Waals surface area contributed by atoms with Gasteiger partial charge >= 0.3 is 6.09 Å². The van der Waals surface area contributed by atoms with Crippen molar-refractivity contribution >= 4 is 17.4 Å². The van der Waals surface area contributed by atoms with Crippen molar-refractivity contribution in [3.05, 3.63) is 22.4 Å². The summed E-state index contributed by atoms with van der Waals surface area (Å²) in [5, 5.41) is 5.01. The fourth-order valence-electron chi connectivity index (χ4n) is 1.96. The van der Waals surface area contributed by atoms with Gasteiger partial charge in [-0.3, -0.25) is 0 Å². The van der Waals surface area contributed by atoms with E-state index in [2.05, 4.69) is 22.8 Å². The second kappa shape index (κ2) is 8.30. The van der Waals surface area contributed by atoms with Crippen molar-refractivity contribution in [2.24, 2.45) is 0 Å². The fourth-order valence-corrected chi connectivity index (χ4v) is 2.71. The molecule has 1 rings (SSSR count). The van der Waals surface area contributed by atoms with Gasteiger partial charge in [-0.1, -0.05) is 18.9 Å². The number of carbonyl (C=O) groups is 1. The van der Waals surface area contributed by atoms with E-state index < -0.39 is 5.60 Å². The molecule has 4 heteroatoms. The fraction of sp³-hybridized carbons (Fsp3) is 0.688. The van der Waals surface area contributed by atoms with Crippen molar-refractivity contribution in [1.82, 2.24) is 5.32 Å². The van der Waals surface area contributed by atoms with Gasteiger partial charge in [0, 0.05) is 10.9 Å². The average molecular weight is 297 g/mol. The summed E-state index contributed by atoms with van der Waals surface area (Å²) in [6.07, 6.45) is 5.43. The van der Waals surface area contributed by atoms with Crippen LogP contribution in [-0.4, -0.2) is 17.7 Å². The molecule has 0 spiro atoms. The molecule has 0 radical (unpaired) electrons. The van der Waals surface area contributed by atoms with Gasteiger partial charge in [-0.25, -0.2) is 4.79 Å². The van der Waals surface area contributed by atoms with Crippen molar-refractivity contribution in [1.29, 1.82) is 0 Å². The number of thiophene rings is 1. The lowest BCUT2D eigenvalue weighted by atomic mass is 10.1. The molecule has 0 saturated heterocycles. The van der Waals surface area contributed by atoms with E-state index in [9.17, 15) is 4.79 Å². The number of hydrogen-bond acceptors (Lipinski definition) is 3.